The van der Waals surface area contributed by atoms with E-state index >= 15 is 0 Å². The third-order valence-electron chi connectivity index (χ3n) is 4.53. The van der Waals surface area contributed by atoms with Gasteiger partial charge in [-0.3, -0.25) is 0 Å². The largest absolute Gasteiger partial charge is 0.504 e. The molecule has 158 valence electrons. The Morgan fingerprint density at radius 2 is 1.83 bits per heavy atom. The summed E-state index contributed by atoms with van der Waals surface area (Å²) >= 11 is 0. The molecule has 0 aromatic heterocycles. The molecule has 0 aliphatic carbocycles. The van der Waals surface area contributed by atoms with E-state index in [1.54, 1.807) is 18.2 Å². The highest BCUT2D eigenvalue weighted by Crippen LogP contribution is 2.34. The molecular weight excluding hydrogens is 412 g/mol. The van der Waals surface area contributed by atoms with E-state index in [4.69, 9.17) is 9.47 Å². The molecule has 2 aromatic carbocycles. The molecule has 0 spiro atoms. The highest BCUT2D eigenvalue weighted by molar-refractivity contribution is 7.91. The molecule has 2 amide bonds. The number of methoxy groups -OCH3 is 2. The van der Waals surface area contributed by atoms with E-state index in [0.29, 0.717) is 5.56 Å². The number of aromatic hydroxyl groups is 1. The second kappa shape index (κ2) is 8.46. The minimum atomic E-state index is -3.86. The van der Waals surface area contributed by atoms with Crippen LogP contribution in [-0.4, -0.2) is 45.5 Å². The summed E-state index contributed by atoms with van der Waals surface area (Å²) in [6.45, 7) is 0. The molecule has 3 N–H and O–H groups in total. The SMILES string of the molecule is COC(=O)C1=C(CS(=O)(=O)c2ccccc2)NC(=O)N[C@@H]1c1ccc(O)c(OC)c1. The van der Waals surface area contributed by atoms with Crippen LogP contribution in [0.4, 0.5) is 4.79 Å². The van der Waals surface area contributed by atoms with E-state index in [1.165, 1.54) is 37.4 Å². The number of ether oxygens (including phenoxy) is 2. The average Bonchev–Trinajstić information content (AvgIpc) is 2.73. The maximum absolute atomic E-state index is 12.8. The monoisotopic (exact) mass is 432 g/mol. The lowest BCUT2D eigenvalue weighted by molar-refractivity contribution is -0.136. The first-order chi connectivity index (χ1) is 14.3. The minimum absolute atomic E-state index is 0.0531. The highest BCUT2D eigenvalue weighted by atomic mass is 32.2. The topological polar surface area (TPSA) is 131 Å². The first-order valence-corrected chi connectivity index (χ1v) is 10.5. The number of phenolic OH excluding ortho intramolecular Hbond substituents is 1. The number of hydrogen-bond acceptors (Lipinski definition) is 7. The molecule has 0 saturated carbocycles. The summed E-state index contributed by atoms with van der Waals surface area (Å²) in [7, 11) is -1.34. The zero-order valence-corrected chi connectivity index (χ0v) is 17.0. The van der Waals surface area contributed by atoms with Crippen LogP contribution >= 0.6 is 0 Å². The number of sulfone groups is 1. The molecular formula is C20H20N2O7S. The van der Waals surface area contributed by atoms with Gasteiger partial charge in [-0.15, -0.1) is 0 Å². The van der Waals surface area contributed by atoms with Gasteiger partial charge in [0, 0.05) is 5.70 Å². The van der Waals surface area contributed by atoms with E-state index in [-0.39, 0.29) is 27.7 Å². The van der Waals surface area contributed by atoms with E-state index in [0.717, 1.165) is 7.11 Å². The summed E-state index contributed by atoms with van der Waals surface area (Å²) in [6, 6.07) is 10.3. The van der Waals surface area contributed by atoms with Gasteiger partial charge in [0.05, 0.1) is 36.5 Å². The van der Waals surface area contributed by atoms with E-state index < -0.39 is 33.6 Å². The van der Waals surface area contributed by atoms with Gasteiger partial charge in [0.1, 0.15) is 0 Å². The van der Waals surface area contributed by atoms with Crippen molar-refractivity contribution in [1.29, 1.82) is 0 Å². The lowest BCUT2D eigenvalue weighted by atomic mass is 9.95. The quantitative estimate of drug-likeness (QED) is 0.592. The third kappa shape index (κ3) is 4.23. The van der Waals surface area contributed by atoms with Gasteiger partial charge < -0.3 is 25.2 Å². The van der Waals surface area contributed by atoms with Gasteiger partial charge in [-0.1, -0.05) is 24.3 Å². The standard InChI is InChI=1S/C20H20N2O7S/c1-28-16-10-12(8-9-15(16)23)18-17(19(24)29-2)14(21-20(25)22-18)11-30(26,27)13-6-4-3-5-7-13/h3-10,18,23H,11H2,1-2H3,(H2,21,22,25)/t18-/m1/s1. The van der Waals surface area contributed by atoms with Crippen LogP contribution in [0, 0.1) is 0 Å². The van der Waals surface area contributed by atoms with Crippen molar-refractivity contribution in [3.05, 3.63) is 65.4 Å². The molecule has 1 aliphatic heterocycles. The third-order valence-corrected chi connectivity index (χ3v) is 6.19. The Kier molecular flexibility index (Phi) is 5.97. The second-order valence-electron chi connectivity index (χ2n) is 6.42. The number of urea groups is 1. The van der Waals surface area contributed by atoms with Crippen molar-refractivity contribution in [3.63, 3.8) is 0 Å². The molecule has 0 fully saturated rings. The van der Waals surface area contributed by atoms with Crippen LogP contribution in [0.3, 0.4) is 0 Å². The van der Waals surface area contributed by atoms with Crippen LogP contribution in [0.2, 0.25) is 0 Å². The molecule has 0 radical (unpaired) electrons. The van der Waals surface area contributed by atoms with Crippen molar-refractivity contribution in [2.45, 2.75) is 10.9 Å². The lowest BCUT2D eigenvalue weighted by Gasteiger charge is -2.29. The fourth-order valence-electron chi connectivity index (χ4n) is 3.11. The highest BCUT2D eigenvalue weighted by Gasteiger charge is 2.35. The molecule has 1 heterocycles. The van der Waals surface area contributed by atoms with E-state index in [2.05, 4.69) is 10.6 Å². The molecule has 1 aliphatic rings. The number of hydrogen-bond donors (Lipinski definition) is 3. The summed E-state index contributed by atoms with van der Waals surface area (Å²) in [5, 5.41) is 14.8. The summed E-state index contributed by atoms with van der Waals surface area (Å²) in [4.78, 5) is 24.9. The predicted molar refractivity (Wildman–Crippen MR) is 107 cm³/mol. The maximum Gasteiger partial charge on any atom is 0.338 e. The average molecular weight is 432 g/mol. The molecule has 3 rings (SSSR count). The van der Waals surface area contributed by atoms with Crippen LogP contribution < -0.4 is 15.4 Å². The van der Waals surface area contributed by atoms with Crippen LogP contribution in [-0.2, 0) is 19.4 Å². The first-order valence-electron chi connectivity index (χ1n) is 8.80. The molecule has 9 nitrogen and oxygen atoms in total. The zero-order valence-electron chi connectivity index (χ0n) is 16.2. The van der Waals surface area contributed by atoms with Gasteiger partial charge in [0.2, 0.25) is 0 Å². The van der Waals surface area contributed by atoms with Crippen LogP contribution in [0.1, 0.15) is 11.6 Å². The number of benzene rings is 2. The first kappa shape index (κ1) is 21.2. The zero-order chi connectivity index (χ0) is 21.9. The Labute approximate surface area is 173 Å². The maximum atomic E-state index is 12.8. The summed E-state index contributed by atoms with van der Waals surface area (Å²) in [5.74, 6) is -1.42. The van der Waals surface area contributed by atoms with Crippen molar-refractivity contribution in [2.75, 3.05) is 20.0 Å². The summed E-state index contributed by atoms with van der Waals surface area (Å²) in [5.41, 5.74) is 0.241. The fourth-order valence-corrected chi connectivity index (χ4v) is 4.45. The number of carbonyl (C=O) groups excluding carboxylic acids is 2. The molecule has 0 saturated heterocycles. The van der Waals surface area contributed by atoms with Crippen LogP contribution in [0.25, 0.3) is 0 Å². The number of amides is 2. The van der Waals surface area contributed by atoms with Crippen molar-refractivity contribution < 1.29 is 32.6 Å². The molecule has 0 unspecified atom stereocenters. The van der Waals surface area contributed by atoms with Gasteiger partial charge >= 0.3 is 12.0 Å². The smallest absolute Gasteiger partial charge is 0.338 e. The fraction of sp³-hybridized carbons (Fsp3) is 0.200. The Morgan fingerprint density at radius 1 is 1.13 bits per heavy atom. The number of esters is 1. The Hall–Kier alpha value is -3.53. The van der Waals surface area contributed by atoms with Gasteiger partial charge in [-0.2, -0.15) is 0 Å². The van der Waals surface area contributed by atoms with Gasteiger partial charge in [0.15, 0.2) is 21.3 Å². The van der Waals surface area contributed by atoms with Crippen LogP contribution in [0.15, 0.2) is 64.7 Å². The Balaban J connectivity index is 2.12. The molecule has 10 heteroatoms. The van der Waals surface area contributed by atoms with Crippen LogP contribution in [0.5, 0.6) is 11.5 Å². The van der Waals surface area contributed by atoms with Gasteiger partial charge in [-0.05, 0) is 29.8 Å². The van der Waals surface area contributed by atoms with Crippen molar-refractivity contribution in [2.24, 2.45) is 0 Å². The minimum Gasteiger partial charge on any atom is -0.504 e. The normalized spacial score (nSPS) is 16.5. The van der Waals surface area contributed by atoms with Gasteiger partial charge in [-0.25, -0.2) is 18.0 Å². The number of nitrogens with one attached hydrogen (secondary N) is 2. The van der Waals surface area contributed by atoms with Crippen molar-refractivity contribution in [1.82, 2.24) is 10.6 Å². The molecule has 30 heavy (non-hydrogen) atoms. The van der Waals surface area contributed by atoms with Crippen molar-refractivity contribution in [3.8, 4) is 11.5 Å². The molecule has 0 bridgehead atoms. The van der Waals surface area contributed by atoms with Gasteiger partial charge in [0.25, 0.3) is 0 Å². The lowest BCUT2D eigenvalue weighted by Crippen LogP contribution is -2.47. The Morgan fingerprint density at radius 3 is 2.47 bits per heavy atom. The number of carbonyl (C=O) groups is 2. The summed E-state index contributed by atoms with van der Waals surface area (Å²) < 4.78 is 35.6. The Bertz CT molecular complexity index is 1110. The summed E-state index contributed by atoms with van der Waals surface area (Å²) in [6.07, 6.45) is 0. The molecule has 1 atom stereocenters. The number of phenols is 1. The number of rotatable bonds is 6. The van der Waals surface area contributed by atoms with E-state index in [9.17, 15) is 23.1 Å². The van der Waals surface area contributed by atoms with Crippen molar-refractivity contribution >= 4 is 21.8 Å². The molecule has 2 aromatic rings. The second-order valence-corrected chi connectivity index (χ2v) is 8.41. The van der Waals surface area contributed by atoms with E-state index in [1.807, 2.05) is 0 Å². The predicted octanol–water partition coefficient (Wildman–Crippen LogP) is 1.66.